The summed E-state index contributed by atoms with van der Waals surface area (Å²) in [6, 6.07) is 7.88. The van der Waals surface area contributed by atoms with Crippen LogP contribution in [-0.4, -0.2) is 11.6 Å². The second-order valence-electron chi connectivity index (χ2n) is 4.22. The van der Waals surface area contributed by atoms with Crippen LogP contribution >= 0.6 is 0 Å². The number of nitrogens with zero attached hydrogens (tertiary/aromatic N) is 1. The van der Waals surface area contributed by atoms with E-state index in [0.29, 0.717) is 5.56 Å². The van der Waals surface area contributed by atoms with Gasteiger partial charge in [0.2, 0.25) is 0 Å². The Bertz CT molecular complexity index is 561. The number of ether oxygens (including phenoxy) is 1. The molecule has 0 saturated heterocycles. The van der Waals surface area contributed by atoms with E-state index in [-0.39, 0.29) is 5.75 Å². The summed E-state index contributed by atoms with van der Waals surface area (Å²) in [5.74, 6) is 0.101. The average Bonchev–Trinajstić information content (AvgIpc) is 2.37. The molecule has 0 aliphatic heterocycles. The molecule has 1 heterocycles. The van der Waals surface area contributed by atoms with Crippen LogP contribution in [-0.2, 0) is 0 Å². The van der Waals surface area contributed by atoms with E-state index in [1.807, 2.05) is 13.0 Å². The van der Waals surface area contributed by atoms with Gasteiger partial charge in [0.1, 0.15) is 5.75 Å². The second kappa shape index (κ2) is 5.75. The third-order valence-corrected chi connectivity index (χ3v) is 2.70. The zero-order valence-electron chi connectivity index (χ0n) is 10.4. The van der Waals surface area contributed by atoms with Gasteiger partial charge in [0, 0.05) is 12.4 Å². The highest BCUT2D eigenvalue weighted by molar-refractivity contribution is 5.36. The Balaban J connectivity index is 2.26. The molecule has 1 aromatic carbocycles. The molecule has 100 valence electrons. The molecule has 0 spiro atoms. The molecule has 0 bridgehead atoms. The molecule has 0 fully saturated rings. The van der Waals surface area contributed by atoms with E-state index in [1.54, 1.807) is 24.5 Å². The fourth-order valence-corrected chi connectivity index (χ4v) is 1.83. The van der Waals surface area contributed by atoms with Crippen molar-refractivity contribution < 1.29 is 13.5 Å². The molecule has 0 saturated carbocycles. The number of aromatic nitrogens is 1. The van der Waals surface area contributed by atoms with E-state index in [2.05, 4.69) is 9.72 Å². The van der Waals surface area contributed by atoms with E-state index in [4.69, 9.17) is 5.73 Å². The van der Waals surface area contributed by atoms with E-state index in [9.17, 15) is 8.78 Å². The zero-order chi connectivity index (χ0) is 13.8. The van der Waals surface area contributed by atoms with Crippen molar-refractivity contribution in [1.82, 2.24) is 4.98 Å². The van der Waals surface area contributed by atoms with E-state index >= 15 is 0 Å². The van der Waals surface area contributed by atoms with Crippen LogP contribution in [0, 0.1) is 6.92 Å². The first-order valence-corrected chi connectivity index (χ1v) is 5.78. The van der Waals surface area contributed by atoms with Crippen molar-refractivity contribution in [3.8, 4) is 5.75 Å². The van der Waals surface area contributed by atoms with Crippen LogP contribution in [0.1, 0.15) is 22.7 Å². The Morgan fingerprint density at radius 1 is 1.16 bits per heavy atom. The Labute approximate surface area is 110 Å². The summed E-state index contributed by atoms with van der Waals surface area (Å²) in [5, 5.41) is 0. The summed E-state index contributed by atoms with van der Waals surface area (Å²) in [6.07, 6.45) is 3.39. The number of pyridine rings is 1. The number of rotatable bonds is 4. The molecule has 0 aliphatic rings. The largest absolute Gasteiger partial charge is 0.435 e. The van der Waals surface area contributed by atoms with Gasteiger partial charge in [0.15, 0.2) is 0 Å². The quantitative estimate of drug-likeness (QED) is 0.923. The summed E-state index contributed by atoms with van der Waals surface area (Å²) < 4.78 is 28.7. The summed E-state index contributed by atoms with van der Waals surface area (Å²) in [7, 11) is 0. The van der Waals surface area contributed by atoms with Gasteiger partial charge in [-0.2, -0.15) is 8.78 Å². The van der Waals surface area contributed by atoms with Crippen molar-refractivity contribution in [2.45, 2.75) is 19.6 Å². The van der Waals surface area contributed by atoms with Crippen LogP contribution in [0.5, 0.6) is 5.75 Å². The Hall–Kier alpha value is -2.01. The smallest absolute Gasteiger partial charge is 0.387 e. The zero-order valence-corrected chi connectivity index (χ0v) is 10.4. The maximum absolute atomic E-state index is 12.2. The van der Waals surface area contributed by atoms with Gasteiger partial charge in [-0.1, -0.05) is 18.2 Å². The Morgan fingerprint density at radius 3 is 2.63 bits per heavy atom. The fraction of sp³-hybridized carbons (Fsp3) is 0.214. The van der Waals surface area contributed by atoms with Gasteiger partial charge in [-0.05, 0) is 35.7 Å². The van der Waals surface area contributed by atoms with E-state index < -0.39 is 12.7 Å². The number of hydrogen-bond acceptors (Lipinski definition) is 3. The van der Waals surface area contributed by atoms with Crippen molar-refractivity contribution >= 4 is 0 Å². The first-order chi connectivity index (χ1) is 9.06. The predicted octanol–water partition coefficient (Wildman–Crippen LogP) is 3.04. The lowest BCUT2D eigenvalue weighted by molar-refractivity contribution is -0.0498. The Kier molecular flexibility index (Phi) is 4.06. The molecule has 0 aliphatic carbocycles. The highest BCUT2D eigenvalue weighted by atomic mass is 19.3. The van der Waals surface area contributed by atoms with Crippen molar-refractivity contribution in [2.75, 3.05) is 0 Å². The molecule has 2 aromatic rings. The summed E-state index contributed by atoms with van der Waals surface area (Å²) in [4.78, 5) is 4.07. The lowest BCUT2D eigenvalue weighted by Crippen LogP contribution is -2.12. The monoisotopic (exact) mass is 264 g/mol. The van der Waals surface area contributed by atoms with Crippen LogP contribution in [0.15, 0.2) is 42.7 Å². The summed E-state index contributed by atoms with van der Waals surface area (Å²) in [5.41, 5.74) is 8.62. The minimum atomic E-state index is -2.84. The topological polar surface area (TPSA) is 48.1 Å². The molecule has 2 N–H and O–H groups in total. The van der Waals surface area contributed by atoms with Gasteiger partial charge >= 0.3 is 6.61 Å². The minimum Gasteiger partial charge on any atom is -0.435 e. The summed E-state index contributed by atoms with van der Waals surface area (Å²) in [6.45, 7) is -0.924. The number of aryl methyl sites for hydroxylation is 1. The highest BCUT2D eigenvalue weighted by Crippen LogP contribution is 2.24. The van der Waals surface area contributed by atoms with Gasteiger partial charge in [0.05, 0.1) is 6.04 Å². The van der Waals surface area contributed by atoms with Gasteiger partial charge in [-0.25, -0.2) is 0 Å². The lowest BCUT2D eigenvalue weighted by atomic mass is 10.00. The molecule has 19 heavy (non-hydrogen) atoms. The van der Waals surface area contributed by atoms with Crippen molar-refractivity contribution in [1.29, 1.82) is 0 Å². The fourth-order valence-electron chi connectivity index (χ4n) is 1.83. The third kappa shape index (κ3) is 3.48. The minimum absolute atomic E-state index is 0.101. The van der Waals surface area contributed by atoms with E-state index in [1.165, 1.54) is 12.1 Å². The van der Waals surface area contributed by atoms with Crippen LogP contribution in [0.4, 0.5) is 8.78 Å². The van der Waals surface area contributed by atoms with E-state index in [0.717, 1.165) is 11.1 Å². The highest BCUT2D eigenvalue weighted by Gasteiger charge is 2.11. The third-order valence-electron chi connectivity index (χ3n) is 2.70. The molecule has 0 amide bonds. The van der Waals surface area contributed by atoms with Crippen molar-refractivity contribution in [2.24, 2.45) is 5.73 Å². The van der Waals surface area contributed by atoms with Gasteiger partial charge in [0.25, 0.3) is 0 Å². The maximum atomic E-state index is 12.2. The van der Waals surface area contributed by atoms with Gasteiger partial charge in [-0.15, -0.1) is 0 Å². The number of benzene rings is 1. The number of alkyl halides is 2. The second-order valence-corrected chi connectivity index (χ2v) is 4.22. The number of nitrogens with two attached hydrogens (primary N) is 1. The molecule has 1 atom stereocenters. The standard InChI is InChI=1S/C14H14F2N2O/c1-9-5-11(8-18-7-9)13(17)10-3-2-4-12(6-10)19-14(15)16/h2-8,13-14H,17H2,1H3. The van der Waals surface area contributed by atoms with Crippen LogP contribution in [0.25, 0.3) is 0 Å². The van der Waals surface area contributed by atoms with Crippen molar-refractivity contribution in [3.05, 3.63) is 59.4 Å². The molecular formula is C14H14F2N2O. The number of hydrogen-bond donors (Lipinski definition) is 1. The molecule has 0 radical (unpaired) electrons. The maximum Gasteiger partial charge on any atom is 0.387 e. The lowest BCUT2D eigenvalue weighted by Gasteiger charge is -2.14. The van der Waals surface area contributed by atoms with Gasteiger partial charge in [-0.3, -0.25) is 4.98 Å². The molecule has 5 heteroatoms. The first-order valence-electron chi connectivity index (χ1n) is 5.78. The normalized spacial score (nSPS) is 12.5. The molecule has 1 aromatic heterocycles. The van der Waals surface area contributed by atoms with Crippen molar-refractivity contribution in [3.63, 3.8) is 0 Å². The SMILES string of the molecule is Cc1cncc(C(N)c2cccc(OC(F)F)c2)c1. The predicted molar refractivity (Wildman–Crippen MR) is 68.1 cm³/mol. The van der Waals surface area contributed by atoms with Crippen LogP contribution in [0.2, 0.25) is 0 Å². The van der Waals surface area contributed by atoms with Gasteiger partial charge < -0.3 is 10.5 Å². The first kappa shape index (κ1) is 13.4. The van der Waals surface area contributed by atoms with Crippen LogP contribution < -0.4 is 10.5 Å². The number of halogens is 2. The average molecular weight is 264 g/mol. The molecular weight excluding hydrogens is 250 g/mol. The molecule has 2 rings (SSSR count). The van der Waals surface area contributed by atoms with Crippen LogP contribution in [0.3, 0.4) is 0 Å². The molecule has 1 unspecified atom stereocenters. The summed E-state index contributed by atoms with van der Waals surface area (Å²) >= 11 is 0. The Morgan fingerprint density at radius 2 is 1.95 bits per heavy atom. The molecule has 3 nitrogen and oxygen atoms in total.